The minimum absolute atomic E-state index is 1.66. The zero-order chi connectivity index (χ0) is 12.0. The summed E-state index contributed by atoms with van der Waals surface area (Å²) in [7, 11) is 0. The van der Waals surface area contributed by atoms with Gasteiger partial charge in [0.2, 0.25) is 0 Å². The lowest BCUT2D eigenvalue weighted by Crippen LogP contribution is -2.21. The first-order valence-electron chi connectivity index (χ1n) is 2.42. The van der Waals surface area contributed by atoms with Crippen LogP contribution in [0.25, 0.3) is 0 Å². The molecule has 0 spiro atoms. The van der Waals surface area contributed by atoms with E-state index in [1.165, 1.54) is 0 Å². The summed E-state index contributed by atoms with van der Waals surface area (Å²) in [5.74, 6) is 0. The Bertz CT molecular complexity index is 550. The molecule has 86 valence electrons. The van der Waals surface area contributed by atoms with Crippen LogP contribution in [-0.4, -0.2) is 6.26 Å². The third-order valence-corrected chi connectivity index (χ3v) is 60.2. The van der Waals surface area contributed by atoms with Crippen molar-refractivity contribution < 1.29 is 0 Å². The monoisotopic (exact) mass is 433 g/mol. The van der Waals surface area contributed by atoms with E-state index in [2.05, 4.69) is 11.7 Å². The van der Waals surface area contributed by atoms with E-state index < -0.39 is 21.8 Å². The van der Waals surface area contributed by atoms with Gasteiger partial charge >= 0.3 is 0 Å². The molecule has 0 aromatic carbocycles. The molecular weight excluding hydrogens is 430 g/mol. The quantitative estimate of drug-likeness (QED) is 0.384. The number of thiol groups is 1. The molecule has 0 bridgehead atoms. The summed E-state index contributed by atoms with van der Waals surface area (Å²) in [6, 6.07) is 0. The third kappa shape index (κ3) is 3.51. The molecule has 0 aromatic heterocycles. The first-order chi connectivity index (χ1) is 5.75. The molecule has 0 fully saturated rings. The van der Waals surface area contributed by atoms with E-state index in [9.17, 15) is 0 Å². The van der Waals surface area contributed by atoms with Gasteiger partial charge in [0, 0.05) is 21.9 Å². The van der Waals surface area contributed by atoms with Crippen molar-refractivity contribution in [2.45, 2.75) is 0 Å². The van der Waals surface area contributed by atoms with Gasteiger partial charge in [-0.1, -0.05) is 11.7 Å². The summed E-state index contributed by atoms with van der Waals surface area (Å²) in [5, 5.41) is -6.89. The summed E-state index contributed by atoms with van der Waals surface area (Å²) < 4.78 is 0. The molecule has 0 saturated carbocycles. The van der Waals surface area contributed by atoms with Gasteiger partial charge in [0.05, 0.1) is 0 Å². The topological polar surface area (TPSA) is 0 Å². The molecule has 0 N–H and O–H groups in total. The summed E-state index contributed by atoms with van der Waals surface area (Å²) >= 11 is 45.4. The van der Waals surface area contributed by atoms with Crippen LogP contribution in [0, 0.1) is 0 Å². The Hall–Kier alpha value is 3.51. The molecule has 14 heavy (non-hydrogen) atoms. The molecule has 0 rings (SSSR count). The maximum absolute atomic E-state index is 5.26. The van der Waals surface area contributed by atoms with Crippen LogP contribution in [0.1, 0.15) is 0 Å². The zero-order valence-electron chi connectivity index (χ0n) is 6.35. The normalized spacial score (nSPS) is 15.3. The predicted octanol–water partition coefficient (Wildman–Crippen LogP) is 0.517. The minimum Gasteiger partial charge on any atom is -0.0917 e. The molecule has 0 radical (unpaired) electrons. The summed E-state index contributed by atoms with van der Waals surface area (Å²) in [6.45, 7) is 0. The Morgan fingerprint density at radius 1 is 0.714 bits per heavy atom. The van der Waals surface area contributed by atoms with Crippen LogP contribution in [0.5, 0.6) is 0 Å². The van der Waals surface area contributed by atoms with Crippen molar-refractivity contribution in [3.63, 3.8) is 0 Å². The Balaban J connectivity index is 6.44. The first-order valence-corrected chi connectivity index (χ1v) is 19.4. The van der Waals surface area contributed by atoms with Crippen LogP contribution in [0.3, 0.4) is 0 Å². The smallest absolute Gasteiger partial charge is 0.0429 e. The second-order valence-corrected chi connectivity index (χ2v) is 43.6. The van der Waals surface area contributed by atoms with Crippen LogP contribution in [0.2, 0.25) is 0 Å². The van der Waals surface area contributed by atoms with Gasteiger partial charge in [0.25, 0.3) is 0 Å². The SMILES string of the molecule is [13CH3]S(=S)(=S)S(=S)(=S)S(=S)(=S)S(=S)(=S)S. The van der Waals surface area contributed by atoms with E-state index in [4.69, 9.17) is 89.5 Å². The van der Waals surface area contributed by atoms with E-state index in [1.54, 1.807) is 6.26 Å². The molecular formula is CH4S13. The molecule has 0 aliphatic heterocycles. The van der Waals surface area contributed by atoms with Gasteiger partial charge in [-0.3, -0.25) is 0 Å². The largest absolute Gasteiger partial charge is 0.0917 e. The average molecular weight is 434 g/mol. The predicted molar refractivity (Wildman–Crippen MR) is 103 cm³/mol. The van der Waals surface area contributed by atoms with E-state index >= 15 is 0 Å². The van der Waals surface area contributed by atoms with E-state index in [-0.39, 0.29) is 0 Å². The Labute approximate surface area is 127 Å². The Morgan fingerprint density at radius 2 is 1.00 bits per heavy atom. The van der Waals surface area contributed by atoms with Gasteiger partial charge in [-0.05, 0) is 95.7 Å². The van der Waals surface area contributed by atoms with Gasteiger partial charge in [-0.25, -0.2) is 0 Å². The van der Waals surface area contributed by atoms with Gasteiger partial charge in [-0.2, -0.15) is 0 Å². The van der Waals surface area contributed by atoms with Crippen molar-refractivity contribution in [3.05, 3.63) is 0 Å². The minimum atomic E-state index is -2.35. The zero-order valence-corrected chi connectivity index (χ0v) is 17.0. The van der Waals surface area contributed by atoms with Gasteiger partial charge in [-0.15, -0.1) is 0 Å². The molecule has 0 aliphatic carbocycles. The highest BCUT2D eigenvalue weighted by Gasteiger charge is 2.23. The maximum Gasteiger partial charge on any atom is 0.0429 e. The fraction of sp³-hybridized carbons (Fsp3) is 1.00. The fourth-order valence-corrected chi connectivity index (χ4v) is 48.9. The van der Waals surface area contributed by atoms with Crippen LogP contribution in [-0.2, 0) is 111 Å². The molecule has 0 atom stereocenters. The highest BCUT2D eigenvalue weighted by atomic mass is 34.2. The molecule has 0 unspecified atom stereocenters. The number of hydrogen-bond donors (Lipinski definition) is 1. The summed E-state index contributed by atoms with van der Waals surface area (Å²) in [5.41, 5.74) is 0. The van der Waals surface area contributed by atoms with Crippen LogP contribution in [0.4, 0.5) is 0 Å². The van der Waals surface area contributed by atoms with Crippen molar-refractivity contribution in [2.75, 3.05) is 6.26 Å². The van der Waals surface area contributed by atoms with Crippen LogP contribution < -0.4 is 0 Å². The van der Waals surface area contributed by atoms with Crippen molar-refractivity contribution >= 4 is 123 Å². The Kier molecular flexibility index (Phi) is 6.56. The second-order valence-electron chi connectivity index (χ2n) is 1.95. The lowest BCUT2D eigenvalue weighted by molar-refractivity contribution is 2.53. The number of hydrogen-bond acceptors (Lipinski definition) is 8. The van der Waals surface area contributed by atoms with Crippen molar-refractivity contribution in [2.24, 2.45) is 0 Å². The van der Waals surface area contributed by atoms with Crippen molar-refractivity contribution in [1.82, 2.24) is 0 Å². The van der Waals surface area contributed by atoms with E-state index in [1.807, 2.05) is 0 Å². The van der Waals surface area contributed by atoms with Crippen molar-refractivity contribution in [1.29, 1.82) is 0 Å². The van der Waals surface area contributed by atoms with Gasteiger partial charge in [0.15, 0.2) is 0 Å². The summed E-state index contributed by atoms with van der Waals surface area (Å²) in [6.07, 6.45) is -0.333. The molecule has 0 nitrogen and oxygen atoms in total. The summed E-state index contributed by atoms with van der Waals surface area (Å²) in [4.78, 5) is 0. The Morgan fingerprint density at radius 3 is 1.07 bits per heavy atom. The highest BCUT2D eigenvalue weighted by molar-refractivity contribution is 9.56. The third-order valence-electron chi connectivity index (χ3n) is 0.879. The fourth-order valence-electron chi connectivity index (χ4n) is 0.257. The number of rotatable bonds is 3. The van der Waals surface area contributed by atoms with Crippen molar-refractivity contribution in [3.8, 4) is 0 Å². The lowest BCUT2D eigenvalue weighted by Gasteiger charge is -2.20. The second kappa shape index (κ2) is 5.25. The molecule has 0 aromatic rings. The standard InChI is InChI=1S/CH4S13/c1-11(2,3)13(7,8)14(9,10)12(4,5)6/h1H3,(H,4,5,6)/i1+1. The lowest BCUT2D eigenvalue weighted by atomic mass is 13.0. The first kappa shape index (κ1) is 17.5. The van der Waals surface area contributed by atoms with E-state index in [0.717, 1.165) is 0 Å². The molecule has 0 aliphatic rings. The highest BCUT2D eigenvalue weighted by Crippen LogP contribution is 2.24. The molecule has 0 amide bonds. The van der Waals surface area contributed by atoms with Crippen LogP contribution in [0.15, 0.2) is 0 Å². The molecule has 0 heterocycles. The van der Waals surface area contributed by atoms with E-state index in [0.29, 0.717) is 0 Å². The van der Waals surface area contributed by atoms with Gasteiger partial charge in [0.1, 0.15) is 0 Å². The van der Waals surface area contributed by atoms with Crippen LogP contribution >= 0.6 is 11.7 Å². The maximum atomic E-state index is 5.26. The average Bonchev–Trinajstić information content (AvgIpc) is 1.81. The molecule has 13 heteroatoms. The molecule has 0 saturated heterocycles. The van der Waals surface area contributed by atoms with Gasteiger partial charge < -0.3 is 0 Å².